The van der Waals surface area contributed by atoms with Gasteiger partial charge in [0.25, 0.3) is 0 Å². The fraction of sp³-hybridized carbons (Fsp3) is 0.406. The van der Waals surface area contributed by atoms with E-state index in [1.54, 1.807) is 24.0 Å². The molecule has 0 saturated carbocycles. The van der Waals surface area contributed by atoms with Crippen molar-refractivity contribution in [3.63, 3.8) is 0 Å². The van der Waals surface area contributed by atoms with Crippen LogP contribution in [0.25, 0.3) is 32.8 Å². The number of carbonyl (C=O) groups is 1. The predicted octanol–water partition coefficient (Wildman–Crippen LogP) is 6.39. The van der Waals surface area contributed by atoms with Crippen LogP contribution in [0.15, 0.2) is 42.5 Å². The Labute approximate surface area is 260 Å². The minimum atomic E-state index is -0.723. The van der Waals surface area contributed by atoms with Gasteiger partial charge in [0.1, 0.15) is 28.8 Å². The zero-order valence-corrected chi connectivity index (χ0v) is 26.3. The number of phenolic OH excluding ortho intramolecular Hbond substituents is 1. The average Bonchev–Trinajstić information content (AvgIpc) is 2.97. The molecule has 4 aromatic rings. The lowest BCUT2D eigenvalue weighted by Crippen LogP contribution is -2.50. The van der Waals surface area contributed by atoms with Crippen LogP contribution in [-0.2, 0) is 14.2 Å². The summed E-state index contributed by atoms with van der Waals surface area (Å²) >= 11 is 6.81. The van der Waals surface area contributed by atoms with Crippen molar-refractivity contribution in [3.05, 3.63) is 53.3 Å². The van der Waals surface area contributed by atoms with E-state index in [9.17, 15) is 9.90 Å². The Kier molecular flexibility index (Phi) is 9.01. The number of aromatic nitrogens is 2. The Morgan fingerprint density at radius 2 is 1.70 bits per heavy atom. The van der Waals surface area contributed by atoms with Gasteiger partial charge in [-0.2, -0.15) is 9.97 Å². The molecule has 1 aliphatic rings. The molecular weight excluding hydrogens is 591 g/mol. The molecule has 44 heavy (non-hydrogen) atoms. The smallest absolute Gasteiger partial charge is 0.410 e. The lowest BCUT2D eigenvalue weighted by molar-refractivity contribution is -0.152. The van der Waals surface area contributed by atoms with Crippen LogP contribution in [0.5, 0.6) is 11.8 Å². The maximum atomic E-state index is 16.7. The zero-order chi connectivity index (χ0) is 31.8. The van der Waals surface area contributed by atoms with Crippen LogP contribution in [0.1, 0.15) is 27.7 Å². The normalized spacial score (nSPS) is 14.8. The Balaban J connectivity index is 1.61. The van der Waals surface area contributed by atoms with Crippen LogP contribution in [0.2, 0.25) is 5.02 Å². The molecule has 1 atom stereocenters. The SMILES string of the molecule is COC(OC)C(C)Oc1nc(N2CCN(C(=O)OC(C)(C)C)CC2)c2cc(Cl)c(-c3cc(O)cc4ccccc34)c(F)c2n1. The van der Waals surface area contributed by atoms with E-state index in [0.29, 0.717) is 48.3 Å². The topological polar surface area (TPSA) is 106 Å². The first-order valence-corrected chi connectivity index (χ1v) is 14.6. The molecule has 1 N–H and O–H groups in total. The standard InChI is InChI=1S/C32H36ClFN4O6/c1-18(29(41-5)42-6)43-30-35-27-23(28(36-30)37-11-13-38(14-12-37)31(40)44-32(2,3)4)17-24(33)25(26(27)34)22-16-20(39)15-19-9-7-8-10-21(19)22/h7-10,15-18,29,39H,11-14H2,1-6H3. The third-order valence-electron chi connectivity index (χ3n) is 7.33. The van der Waals surface area contributed by atoms with Crippen molar-refractivity contribution in [2.45, 2.75) is 45.7 Å². The van der Waals surface area contributed by atoms with E-state index in [1.807, 2.05) is 49.9 Å². The number of anilines is 1. The first-order chi connectivity index (χ1) is 20.9. The summed E-state index contributed by atoms with van der Waals surface area (Å²) in [6.07, 6.45) is -1.76. The van der Waals surface area contributed by atoms with Crippen LogP contribution >= 0.6 is 11.6 Å². The van der Waals surface area contributed by atoms with Gasteiger partial charge < -0.3 is 33.9 Å². The van der Waals surface area contributed by atoms with Gasteiger partial charge in [-0.1, -0.05) is 35.9 Å². The minimum Gasteiger partial charge on any atom is -0.508 e. The molecule has 234 valence electrons. The van der Waals surface area contributed by atoms with Gasteiger partial charge in [-0.05, 0) is 62.2 Å². The molecule has 10 nitrogen and oxygen atoms in total. The van der Waals surface area contributed by atoms with E-state index in [4.69, 9.17) is 30.5 Å². The van der Waals surface area contributed by atoms with Gasteiger partial charge in [0, 0.05) is 51.3 Å². The molecule has 3 aromatic carbocycles. The highest BCUT2D eigenvalue weighted by Crippen LogP contribution is 2.42. The minimum absolute atomic E-state index is 0.00928. The lowest BCUT2D eigenvalue weighted by Gasteiger charge is -2.36. The van der Waals surface area contributed by atoms with E-state index in [0.717, 1.165) is 5.39 Å². The first kappa shape index (κ1) is 31.5. The van der Waals surface area contributed by atoms with E-state index in [-0.39, 0.29) is 27.9 Å². The van der Waals surface area contributed by atoms with Crippen LogP contribution in [0.4, 0.5) is 15.0 Å². The van der Waals surface area contributed by atoms with E-state index < -0.39 is 29.9 Å². The quantitative estimate of drug-likeness (QED) is 0.234. The monoisotopic (exact) mass is 626 g/mol. The van der Waals surface area contributed by atoms with Gasteiger partial charge in [0.2, 0.25) is 0 Å². The summed E-state index contributed by atoms with van der Waals surface area (Å²) in [5, 5.41) is 12.4. The molecular formula is C32H36ClFN4O6. The van der Waals surface area contributed by atoms with Gasteiger partial charge >= 0.3 is 12.1 Å². The Morgan fingerprint density at radius 1 is 1.02 bits per heavy atom. The first-order valence-electron chi connectivity index (χ1n) is 14.3. The summed E-state index contributed by atoms with van der Waals surface area (Å²) in [6, 6.07) is 12.0. The van der Waals surface area contributed by atoms with Crippen molar-refractivity contribution in [1.29, 1.82) is 0 Å². The predicted molar refractivity (Wildman–Crippen MR) is 167 cm³/mol. The molecule has 0 radical (unpaired) electrons. The molecule has 5 rings (SSSR count). The summed E-state index contributed by atoms with van der Waals surface area (Å²) < 4.78 is 38.9. The van der Waals surface area contributed by atoms with Crippen molar-refractivity contribution in [1.82, 2.24) is 14.9 Å². The number of fused-ring (bicyclic) bond motifs is 2. The molecule has 1 unspecified atom stereocenters. The molecule has 0 aliphatic carbocycles. The van der Waals surface area contributed by atoms with E-state index in [1.165, 1.54) is 20.3 Å². The number of benzene rings is 3. The summed E-state index contributed by atoms with van der Waals surface area (Å²) in [5.74, 6) is -0.309. The van der Waals surface area contributed by atoms with Crippen molar-refractivity contribution in [2.75, 3.05) is 45.3 Å². The van der Waals surface area contributed by atoms with Crippen LogP contribution in [0, 0.1) is 5.82 Å². The average molecular weight is 627 g/mol. The second kappa shape index (κ2) is 12.6. The fourth-order valence-corrected chi connectivity index (χ4v) is 5.62. The number of nitrogens with zero attached hydrogens (tertiary/aromatic N) is 4. The summed E-state index contributed by atoms with van der Waals surface area (Å²) in [6.45, 7) is 8.72. The third-order valence-corrected chi connectivity index (χ3v) is 7.63. The second-order valence-corrected chi connectivity index (χ2v) is 12.0. The number of carbonyl (C=O) groups excluding carboxylic acids is 1. The molecule has 1 aliphatic heterocycles. The number of ether oxygens (including phenoxy) is 4. The second-order valence-electron chi connectivity index (χ2n) is 11.6. The molecule has 1 aromatic heterocycles. The van der Waals surface area contributed by atoms with Crippen molar-refractivity contribution >= 4 is 45.2 Å². The summed E-state index contributed by atoms with van der Waals surface area (Å²) in [7, 11) is 2.97. The van der Waals surface area contributed by atoms with Gasteiger partial charge in [0.05, 0.1) is 5.02 Å². The number of aromatic hydroxyl groups is 1. The molecule has 0 bridgehead atoms. The van der Waals surface area contributed by atoms with Crippen molar-refractivity contribution in [3.8, 4) is 22.9 Å². The Bertz CT molecular complexity index is 1690. The van der Waals surface area contributed by atoms with Gasteiger partial charge in [-0.3, -0.25) is 0 Å². The maximum absolute atomic E-state index is 16.7. The number of phenols is 1. The van der Waals surface area contributed by atoms with Crippen LogP contribution in [0.3, 0.4) is 0 Å². The molecule has 1 saturated heterocycles. The highest BCUT2D eigenvalue weighted by atomic mass is 35.5. The highest BCUT2D eigenvalue weighted by Gasteiger charge is 2.30. The number of hydrogen-bond donors (Lipinski definition) is 1. The Morgan fingerprint density at radius 3 is 2.36 bits per heavy atom. The number of hydrogen-bond acceptors (Lipinski definition) is 9. The number of methoxy groups -OCH3 is 2. The van der Waals surface area contributed by atoms with Crippen molar-refractivity contribution in [2.24, 2.45) is 0 Å². The van der Waals surface area contributed by atoms with Crippen LogP contribution < -0.4 is 9.64 Å². The fourth-order valence-electron chi connectivity index (χ4n) is 5.33. The summed E-state index contributed by atoms with van der Waals surface area (Å²) in [5.41, 5.74) is -0.109. The Hall–Kier alpha value is -3.93. The van der Waals surface area contributed by atoms with Gasteiger partial charge in [-0.25, -0.2) is 9.18 Å². The van der Waals surface area contributed by atoms with Crippen LogP contribution in [-0.4, -0.2) is 84.5 Å². The number of amides is 1. The van der Waals surface area contributed by atoms with Gasteiger partial charge in [0.15, 0.2) is 12.1 Å². The van der Waals surface area contributed by atoms with Crippen molar-refractivity contribution < 1.29 is 33.2 Å². The number of piperazine rings is 1. The maximum Gasteiger partial charge on any atom is 0.410 e. The third kappa shape index (κ3) is 6.45. The van der Waals surface area contributed by atoms with E-state index in [2.05, 4.69) is 9.97 Å². The number of halogens is 2. The molecule has 2 heterocycles. The zero-order valence-electron chi connectivity index (χ0n) is 25.6. The summed E-state index contributed by atoms with van der Waals surface area (Å²) in [4.78, 5) is 25.4. The largest absolute Gasteiger partial charge is 0.508 e. The molecule has 1 amide bonds. The lowest BCUT2D eigenvalue weighted by atomic mass is 9.96. The molecule has 1 fully saturated rings. The molecule has 12 heteroatoms. The highest BCUT2D eigenvalue weighted by molar-refractivity contribution is 6.35. The van der Waals surface area contributed by atoms with E-state index >= 15 is 4.39 Å². The van der Waals surface area contributed by atoms with Gasteiger partial charge in [-0.15, -0.1) is 0 Å². The molecule has 0 spiro atoms. The number of rotatable bonds is 7.